The Morgan fingerprint density at radius 1 is 1.62 bits per heavy atom. The molecule has 0 aromatic rings. The smallest absolute Gasteiger partial charge is 0.0241 e. The first-order valence-electron chi connectivity index (χ1n) is 2.34. The van der Waals surface area contributed by atoms with E-state index in [9.17, 15) is 0 Å². The number of hydrogen-bond donors (Lipinski definition) is 0. The van der Waals surface area contributed by atoms with E-state index in [0.717, 1.165) is 10.0 Å². The van der Waals surface area contributed by atoms with E-state index in [2.05, 4.69) is 35.7 Å². The first-order valence-corrected chi connectivity index (χ1v) is 3.86. The fraction of sp³-hybridized carbons (Fsp3) is 0.143. The zero-order valence-corrected chi connectivity index (χ0v) is 6.89. The summed E-state index contributed by atoms with van der Waals surface area (Å²) in [5, 5.41) is 0. The van der Waals surface area contributed by atoms with Gasteiger partial charge >= 0.3 is 0 Å². The van der Waals surface area contributed by atoms with Gasteiger partial charge in [-0.05, 0) is 5.57 Å². The second-order valence-corrected chi connectivity index (χ2v) is 2.15. The van der Waals surface area contributed by atoms with Crippen LogP contribution in [0.15, 0.2) is 37.0 Å². The average molecular weight is 220 g/mol. The summed E-state index contributed by atoms with van der Waals surface area (Å²) < 4.78 is 0.988. The van der Waals surface area contributed by atoms with Gasteiger partial charge in [0.25, 0.3) is 0 Å². The molecule has 0 amide bonds. The number of hydrogen-bond acceptors (Lipinski definition) is 0. The molecule has 0 aliphatic rings. The Balaban J connectivity index is 3.52. The first kappa shape index (κ1) is 7.95. The third-order valence-corrected chi connectivity index (χ3v) is 1.62. The minimum atomic E-state index is 0.988. The van der Waals surface area contributed by atoms with Gasteiger partial charge in [-0.25, -0.2) is 0 Å². The molecular formula is C7H9I. The van der Waals surface area contributed by atoms with Crippen LogP contribution in [0.4, 0.5) is 0 Å². The Hall–Kier alpha value is -0.0500. The molecule has 0 N–H and O–H groups in total. The second kappa shape index (κ2) is 5.09. The lowest BCUT2D eigenvalue weighted by Crippen LogP contribution is -1.70. The summed E-state index contributed by atoms with van der Waals surface area (Å²) in [4.78, 5) is 0. The molecule has 8 heavy (non-hydrogen) atoms. The standard InChI is InChI=1S/C7H9I/c1-3-4-5-7(2)6-8/h3-5H,1-2,6H2/b5-4-. The quantitative estimate of drug-likeness (QED) is 0.389. The summed E-state index contributed by atoms with van der Waals surface area (Å²) in [6.07, 6.45) is 5.60. The van der Waals surface area contributed by atoms with Crippen LogP contribution in [0.3, 0.4) is 0 Å². The highest BCUT2D eigenvalue weighted by atomic mass is 127. The van der Waals surface area contributed by atoms with Crippen LogP contribution in [0.5, 0.6) is 0 Å². The van der Waals surface area contributed by atoms with Crippen molar-refractivity contribution in [2.24, 2.45) is 0 Å². The zero-order chi connectivity index (χ0) is 6.41. The summed E-state index contributed by atoms with van der Waals surface area (Å²) in [7, 11) is 0. The van der Waals surface area contributed by atoms with Gasteiger partial charge < -0.3 is 0 Å². The van der Waals surface area contributed by atoms with Crippen LogP contribution in [0.2, 0.25) is 0 Å². The molecule has 0 bridgehead atoms. The SMILES string of the molecule is C=C/C=C\C(=C)CI. The molecule has 0 spiro atoms. The van der Waals surface area contributed by atoms with Crippen LogP contribution < -0.4 is 0 Å². The first-order chi connectivity index (χ1) is 3.81. The summed E-state index contributed by atoms with van der Waals surface area (Å²) >= 11 is 2.27. The van der Waals surface area contributed by atoms with E-state index in [0.29, 0.717) is 0 Å². The maximum absolute atomic E-state index is 3.77. The van der Waals surface area contributed by atoms with Gasteiger partial charge in [-0.15, -0.1) is 0 Å². The van der Waals surface area contributed by atoms with Crippen LogP contribution in [0, 0.1) is 0 Å². The summed E-state index contributed by atoms with van der Waals surface area (Å²) in [6, 6.07) is 0. The van der Waals surface area contributed by atoms with Crippen LogP contribution in [0.25, 0.3) is 0 Å². The van der Waals surface area contributed by atoms with Gasteiger partial charge in [-0.3, -0.25) is 0 Å². The van der Waals surface area contributed by atoms with E-state index in [1.54, 1.807) is 6.08 Å². The third-order valence-electron chi connectivity index (χ3n) is 0.640. The minimum Gasteiger partial charge on any atom is -0.0991 e. The molecule has 44 valence electrons. The largest absolute Gasteiger partial charge is 0.0991 e. The highest BCUT2D eigenvalue weighted by Crippen LogP contribution is 1.97. The predicted molar refractivity (Wildman–Crippen MR) is 47.4 cm³/mol. The van der Waals surface area contributed by atoms with Gasteiger partial charge in [-0.2, -0.15) is 0 Å². The van der Waals surface area contributed by atoms with Crippen molar-refractivity contribution in [3.8, 4) is 0 Å². The number of rotatable bonds is 3. The molecule has 0 fully saturated rings. The average Bonchev–Trinajstić information content (AvgIpc) is 1.83. The highest BCUT2D eigenvalue weighted by molar-refractivity contribution is 14.1. The molecule has 0 aromatic heterocycles. The maximum Gasteiger partial charge on any atom is 0.0241 e. The number of halogens is 1. The van der Waals surface area contributed by atoms with Crippen molar-refractivity contribution >= 4 is 22.6 Å². The lowest BCUT2D eigenvalue weighted by Gasteiger charge is -1.84. The van der Waals surface area contributed by atoms with E-state index in [1.807, 2.05) is 12.2 Å². The van der Waals surface area contributed by atoms with Crippen LogP contribution in [-0.2, 0) is 0 Å². The maximum atomic E-state index is 3.77. The Kier molecular flexibility index (Phi) is 5.06. The minimum absolute atomic E-state index is 0.988. The summed E-state index contributed by atoms with van der Waals surface area (Å²) in [6.45, 7) is 7.31. The van der Waals surface area contributed by atoms with Gasteiger partial charge in [0.15, 0.2) is 0 Å². The van der Waals surface area contributed by atoms with Crippen LogP contribution in [0.1, 0.15) is 0 Å². The second-order valence-electron chi connectivity index (χ2n) is 1.39. The Bertz CT molecular complexity index is 112. The molecule has 0 nitrogen and oxygen atoms in total. The Morgan fingerprint density at radius 2 is 2.25 bits per heavy atom. The van der Waals surface area contributed by atoms with E-state index < -0.39 is 0 Å². The molecule has 0 saturated heterocycles. The predicted octanol–water partition coefficient (Wildman–Crippen LogP) is 2.72. The molecule has 0 aromatic carbocycles. The van der Waals surface area contributed by atoms with E-state index in [-0.39, 0.29) is 0 Å². The van der Waals surface area contributed by atoms with Crippen molar-refractivity contribution in [2.45, 2.75) is 0 Å². The molecule has 0 saturated carbocycles. The topological polar surface area (TPSA) is 0 Å². The van der Waals surface area contributed by atoms with Crippen molar-refractivity contribution in [1.29, 1.82) is 0 Å². The van der Waals surface area contributed by atoms with Gasteiger partial charge in [0.2, 0.25) is 0 Å². The molecular weight excluding hydrogens is 211 g/mol. The normalized spacial score (nSPS) is 9.62. The monoisotopic (exact) mass is 220 g/mol. The van der Waals surface area contributed by atoms with Gasteiger partial charge in [0, 0.05) is 4.43 Å². The zero-order valence-electron chi connectivity index (χ0n) is 4.73. The lowest BCUT2D eigenvalue weighted by atomic mass is 10.3. The Labute approximate surface area is 64.1 Å². The van der Waals surface area contributed by atoms with E-state index in [1.165, 1.54) is 0 Å². The Morgan fingerprint density at radius 3 is 2.62 bits per heavy atom. The molecule has 0 unspecified atom stereocenters. The summed E-state index contributed by atoms with van der Waals surface area (Å²) in [5.74, 6) is 0. The molecule has 0 atom stereocenters. The van der Waals surface area contributed by atoms with Crippen LogP contribution in [-0.4, -0.2) is 4.43 Å². The van der Waals surface area contributed by atoms with Gasteiger partial charge in [0.1, 0.15) is 0 Å². The van der Waals surface area contributed by atoms with Crippen molar-refractivity contribution in [3.05, 3.63) is 37.0 Å². The summed E-state index contributed by atoms with van der Waals surface area (Å²) in [5.41, 5.74) is 1.13. The van der Waals surface area contributed by atoms with Crippen molar-refractivity contribution in [3.63, 3.8) is 0 Å². The van der Waals surface area contributed by atoms with Crippen molar-refractivity contribution in [2.75, 3.05) is 4.43 Å². The van der Waals surface area contributed by atoms with E-state index in [4.69, 9.17) is 0 Å². The molecule has 1 heteroatoms. The van der Waals surface area contributed by atoms with Gasteiger partial charge in [0.05, 0.1) is 0 Å². The molecule has 0 rings (SSSR count). The van der Waals surface area contributed by atoms with E-state index >= 15 is 0 Å². The van der Waals surface area contributed by atoms with Gasteiger partial charge in [-0.1, -0.05) is 54.0 Å². The third kappa shape index (κ3) is 4.12. The van der Waals surface area contributed by atoms with Crippen molar-refractivity contribution in [1.82, 2.24) is 0 Å². The highest BCUT2D eigenvalue weighted by Gasteiger charge is 1.77. The number of alkyl halides is 1. The number of allylic oxidation sites excluding steroid dienone is 4. The fourth-order valence-corrected chi connectivity index (χ4v) is 0.503. The van der Waals surface area contributed by atoms with Crippen molar-refractivity contribution < 1.29 is 0 Å². The van der Waals surface area contributed by atoms with Crippen LogP contribution >= 0.6 is 22.6 Å². The fourth-order valence-electron chi connectivity index (χ4n) is 0.249. The molecule has 0 heterocycles. The lowest BCUT2D eigenvalue weighted by molar-refractivity contribution is 1.63. The molecule has 0 aliphatic heterocycles. The molecule has 0 aliphatic carbocycles. The molecule has 0 radical (unpaired) electrons.